The molecule has 124 valence electrons. The van der Waals surface area contributed by atoms with E-state index in [0.29, 0.717) is 5.92 Å². The highest BCUT2D eigenvalue weighted by atomic mass is 15.0. The van der Waals surface area contributed by atoms with Crippen LogP contribution in [0.4, 0.5) is 0 Å². The summed E-state index contributed by atoms with van der Waals surface area (Å²) in [6.07, 6.45) is 0. The predicted molar refractivity (Wildman–Crippen MR) is 101 cm³/mol. The normalized spacial score (nSPS) is 11.5. The molecular weight excluding hydrogens is 292 g/mol. The highest BCUT2D eigenvalue weighted by Gasteiger charge is 2.23. The van der Waals surface area contributed by atoms with Crippen LogP contribution in [-0.2, 0) is 7.05 Å². The van der Waals surface area contributed by atoms with Crippen LogP contribution < -0.4 is 4.57 Å². The van der Waals surface area contributed by atoms with Crippen LogP contribution in [0.3, 0.4) is 0 Å². The largest absolute Gasteiger partial charge is 0.239 e. The first kappa shape index (κ1) is 16.6. The number of para-hydroxylation sites is 1. The lowest BCUT2D eigenvalue weighted by Gasteiger charge is -2.14. The Labute approximate surface area is 145 Å². The van der Waals surface area contributed by atoms with Crippen molar-refractivity contribution in [3.05, 3.63) is 58.3 Å². The van der Waals surface area contributed by atoms with E-state index in [0.717, 1.165) is 11.2 Å². The first-order chi connectivity index (χ1) is 11.3. The van der Waals surface area contributed by atoms with E-state index in [1.807, 2.05) is 0 Å². The molecule has 0 aliphatic rings. The third-order valence-corrected chi connectivity index (χ3v) is 5.05. The molecule has 0 spiro atoms. The highest BCUT2D eigenvalue weighted by molar-refractivity contribution is 5.78. The summed E-state index contributed by atoms with van der Waals surface area (Å²) in [4.78, 5) is 5.01. The number of rotatable bonds is 2. The van der Waals surface area contributed by atoms with E-state index in [1.54, 1.807) is 0 Å². The molecule has 24 heavy (non-hydrogen) atoms. The third-order valence-electron chi connectivity index (χ3n) is 5.05. The third kappa shape index (κ3) is 2.60. The summed E-state index contributed by atoms with van der Waals surface area (Å²) in [5.41, 5.74) is 11.2. The van der Waals surface area contributed by atoms with Gasteiger partial charge < -0.3 is 0 Å². The fraction of sp³-hybridized carbons (Fsp3) is 0.364. The van der Waals surface area contributed by atoms with E-state index in [1.165, 1.54) is 39.0 Å². The van der Waals surface area contributed by atoms with Crippen LogP contribution in [0, 0.1) is 27.7 Å². The fourth-order valence-corrected chi connectivity index (χ4v) is 3.65. The van der Waals surface area contributed by atoms with Crippen molar-refractivity contribution in [3.8, 4) is 11.3 Å². The van der Waals surface area contributed by atoms with Gasteiger partial charge in [-0.25, -0.2) is 4.98 Å². The number of aryl methyl sites for hydroxylation is 4. The number of hydrogen-bond donors (Lipinski definition) is 0. The Morgan fingerprint density at radius 1 is 1.00 bits per heavy atom. The standard InChI is InChI=1S/C22H27N2/c1-13(2)18-9-8-10-20-21(18)23-17(6)22(24(20)7)19-12-14(3)11-15(4)16(19)5/h8-13H,1-7H3/q+1. The second-order valence-corrected chi connectivity index (χ2v) is 7.23. The topological polar surface area (TPSA) is 16.8 Å². The van der Waals surface area contributed by atoms with E-state index in [2.05, 4.69) is 83.5 Å². The van der Waals surface area contributed by atoms with Gasteiger partial charge in [-0.15, -0.1) is 0 Å². The van der Waals surface area contributed by atoms with Crippen LogP contribution in [0.5, 0.6) is 0 Å². The molecule has 0 atom stereocenters. The molecule has 3 rings (SSSR count). The molecular formula is C22H27N2+. The van der Waals surface area contributed by atoms with Gasteiger partial charge in [0.15, 0.2) is 0 Å². The van der Waals surface area contributed by atoms with Gasteiger partial charge in [0.2, 0.25) is 11.2 Å². The van der Waals surface area contributed by atoms with Crippen LogP contribution in [0.25, 0.3) is 22.3 Å². The van der Waals surface area contributed by atoms with Gasteiger partial charge in [-0.1, -0.05) is 37.6 Å². The molecule has 0 fully saturated rings. The van der Waals surface area contributed by atoms with Crippen LogP contribution in [-0.4, -0.2) is 4.98 Å². The van der Waals surface area contributed by atoms with Gasteiger partial charge in [0.1, 0.15) is 18.3 Å². The van der Waals surface area contributed by atoms with Crippen molar-refractivity contribution >= 4 is 11.0 Å². The molecule has 0 unspecified atom stereocenters. The zero-order chi connectivity index (χ0) is 17.6. The van der Waals surface area contributed by atoms with Crippen molar-refractivity contribution in [2.24, 2.45) is 7.05 Å². The van der Waals surface area contributed by atoms with E-state index in [4.69, 9.17) is 4.98 Å². The maximum Gasteiger partial charge on any atom is 0.234 e. The predicted octanol–water partition coefficient (Wildman–Crippen LogP) is 5.08. The maximum absolute atomic E-state index is 5.01. The Balaban J connectivity index is 2.40. The molecule has 1 aromatic heterocycles. The first-order valence-corrected chi connectivity index (χ1v) is 8.68. The van der Waals surface area contributed by atoms with Gasteiger partial charge in [-0.05, 0) is 56.4 Å². The Morgan fingerprint density at radius 3 is 2.38 bits per heavy atom. The Bertz CT molecular complexity index is 937. The SMILES string of the molecule is Cc1cc(C)c(C)c(-c2c(C)nc3c(C(C)C)cccc3[n+]2C)c1. The summed E-state index contributed by atoms with van der Waals surface area (Å²) < 4.78 is 2.31. The van der Waals surface area contributed by atoms with Crippen molar-refractivity contribution in [3.63, 3.8) is 0 Å². The molecule has 0 aliphatic carbocycles. The van der Waals surface area contributed by atoms with Crippen molar-refractivity contribution in [2.75, 3.05) is 0 Å². The molecule has 1 heterocycles. The smallest absolute Gasteiger partial charge is 0.234 e. The monoisotopic (exact) mass is 319 g/mol. The molecule has 0 amide bonds. The number of fused-ring (bicyclic) bond motifs is 1. The Morgan fingerprint density at radius 2 is 1.71 bits per heavy atom. The van der Waals surface area contributed by atoms with Crippen LogP contribution in [0.15, 0.2) is 30.3 Å². The van der Waals surface area contributed by atoms with E-state index >= 15 is 0 Å². The molecule has 2 nitrogen and oxygen atoms in total. The molecule has 2 heteroatoms. The molecule has 0 bridgehead atoms. The summed E-state index contributed by atoms with van der Waals surface area (Å²) in [7, 11) is 2.16. The van der Waals surface area contributed by atoms with Crippen LogP contribution in [0.1, 0.15) is 47.7 Å². The summed E-state index contributed by atoms with van der Waals surface area (Å²) in [6, 6.07) is 11.0. The molecule has 2 aromatic carbocycles. The molecule has 3 aromatic rings. The number of nitrogens with zero attached hydrogens (tertiary/aromatic N) is 2. The van der Waals surface area contributed by atoms with E-state index < -0.39 is 0 Å². The zero-order valence-electron chi connectivity index (χ0n) is 15.9. The maximum atomic E-state index is 5.01. The number of hydrogen-bond acceptors (Lipinski definition) is 1. The zero-order valence-corrected chi connectivity index (χ0v) is 15.9. The lowest BCUT2D eigenvalue weighted by Crippen LogP contribution is -2.34. The Hall–Kier alpha value is -2.22. The fourth-order valence-electron chi connectivity index (χ4n) is 3.65. The van der Waals surface area contributed by atoms with E-state index in [9.17, 15) is 0 Å². The minimum atomic E-state index is 0.467. The summed E-state index contributed by atoms with van der Waals surface area (Å²) in [5, 5.41) is 0. The van der Waals surface area contributed by atoms with Gasteiger partial charge in [0.05, 0.1) is 5.56 Å². The van der Waals surface area contributed by atoms with Crippen LogP contribution >= 0.6 is 0 Å². The molecule has 0 N–H and O–H groups in total. The lowest BCUT2D eigenvalue weighted by molar-refractivity contribution is -0.634. The minimum absolute atomic E-state index is 0.467. The van der Waals surface area contributed by atoms with Crippen molar-refractivity contribution < 1.29 is 4.57 Å². The van der Waals surface area contributed by atoms with Gasteiger partial charge in [0, 0.05) is 6.07 Å². The summed E-state index contributed by atoms with van der Waals surface area (Å²) in [6.45, 7) is 13.1. The van der Waals surface area contributed by atoms with Gasteiger partial charge >= 0.3 is 0 Å². The van der Waals surface area contributed by atoms with Gasteiger partial charge in [-0.2, -0.15) is 4.57 Å². The second-order valence-electron chi connectivity index (χ2n) is 7.23. The van der Waals surface area contributed by atoms with Crippen molar-refractivity contribution in [1.29, 1.82) is 0 Å². The van der Waals surface area contributed by atoms with E-state index in [-0.39, 0.29) is 0 Å². The van der Waals surface area contributed by atoms with Crippen molar-refractivity contribution in [2.45, 2.75) is 47.5 Å². The lowest BCUT2D eigenvalue weighted by atomic mass is 9.95. The molecule has 0 saturated heterocycles. The molecule has 0 radical (unpaired) electrons. The Kier molecular flexibility index (Phi) is 4.16. The second kappa shape index (κ2) is 6.01. The number of aromatic nitrogens is 2. The summed E-state index contributed by atoms with van der Waals surface area (Å²) in [5.74, 6) is 0.467. The number of benzene rings is 2. The summed E-state index contributed by atoms with van der Waals surface area (Å²) >= 11 is 0. The quantitative estimate of drug-likeness (QED) is 0.602. The highest BCUT2D eigenvalue weighted by Crippen LogP contribution is 2.29. The van der Waals surface area contributed by atoms with Gasteiger partial charge in [-0.3, -0.25) is 0 Å². The van der Waals surface area contributed by atoms with Crippen LogP contribution in [0.2, 0.25) is 0 Å². The molecule has 0 saturated carbocycles. The average molecular weight is 319 g/mol. The average Bonchev–Trinajstić information content (AvgIpc) is 2.51. The first-order valence-electron chi connectivity index (χ1n) is 8.68. The molecule has 0 aliphatic heterocycles. The van der Waals surface area contributed by atoms with Gasteiger partial charge in [0.25, 0.3) is 0 Å². The van der Waals surface area contributed by atoms with Crippen molar-refractivity contribution in [1.82, 2.24) is 4.98 Å². The minimum Gasteiger partial charge on any atom is -0.239 e.